The lowest BCUT2D eigenvalue weighted by Crippen LogP contribution is -2.49. The lowest BCUT2D eigenvalue weighted by molar-refractivity contribution is -0.120. The minimum absolute atomic E-state index is 0.0532. The Morgan fingerprint density at radius 1 is 1.09 bits per heavy atom. The van der Waals surface area contributed by atoms with Crippen LogP contribution in [-0.2, 0) is 17.6 Å². The third kappa shape index (κ3) is 4.54. The Labute approximate surface area is 200 Å². The maximum absolute atomic E-state index is 13.7. The van der Waals surface area contributed by atoms with Crippen molar-refractivity contribution in [1.82, 2.24) is 20.5 Å². The number of carbonyl (C=O) groups is 2. The molecule has 0 radical (unpaired) electrons. The van der Waals surface area contributed by atoms with Gasteiger partial charge in [-0.1, -0.05) is 35.4 Å². The molecule has 2 aromatic carbocycles. The number of rotatable bonds is 6. The van der Waals surface area contributed by atoms with Crippen LogP contribution in [0.4, 0.5) is 16.5 Å². The van der Waals surface area contributed by atoms with E-state index in [1.807, 2.05) is 54.6 Å². The molecule has 4 N–H and O–H groups in total. The highest BCUT2D eigenvalue weighted by atomic mass is 16.4. The third-order valence-corrected chi connectivity index (χ3v) is 5.93. The Morgan fingerprint density at radius 3 is 2.54 bits per heavy atom. The van der Waals surface area contributed by atoms with Crippen molar-refractivity contribution < 1.29 is 19.1 Å². The van der Waals surface area contributed by atoms with Gasteiger partial charge in [0.2, 0.25) is 11.8 Å². The molecule has 0 bridgehead atoms. The van der Waals surface area contributed by atoms with E-state index < -0.39 is 12.1 Å². The Balaban J connectivity index is 1.57. The lowest BCUT2D eigenvalue weighted by Gasteiger charge is -2.25. The summed E-state index contributed by atoms with van der Waals surface area (Å²) in [4.78, 5) is 30.9. The molecular weight excluding hydrogens is 448 g/mol. The van der Waals surface area contributed by atoms with Gasteiger partial charge in [-0.05, 0) is 52.9 Å². The Hall–Kier alpha value is -4.73. The fourth-order valence-electron chi connectivity index (χ4n) is 4.37. The van der Waals surface area contributed by atoms with E-state index in [1.165, 1.54) is 0 Å². The summed E-state index contributed by atoms with van der Waals surface area (Å²) in [5.41, 5.74) is 10.4. The smallest absolute Gasteiger partial charge is 0.405 e. The summed E-state index contributed by atoms with van der Waals surface area (Å²) in [6.07, 6.45) is 2.88. The van der Waals surface area contributed by atoms with Crippen LogP contribution in [0, 0.1) is 0 Å². The molecule has 2 amide bonds. The van der Waals surface area contributed by atoms with Crippen LogP contribution >= 0.6 is 0 Å². The molecule has 1 aliphatic rings. The van der Waals surface area contributed by atoms with Crippen LogP contribution in [0.15, 0.2) is 71.4 Å². The summed E-state index contributed by atoms with van der Waals surface area (Å²) >= 11 is 0. The number of amides is 2. The first-order valence-electron chi connectivity index (χ1n) is 11.0. The van der Waals surface area contributed by atoms with E-state index in [4.69, 9.17) is 10.2 Å². The van der Waals surface area contributed by atoms with E-state index in [2.05, 4.69) is 20.5 Å². The van der Waals surface area contributed by atoms with Crippen LogP contribution in [0.25, 0.3) is 22.6 Å². The Kier molecular flexibility index (Phi) is 5.84. The number of pyridine rings is 1. The number of carboxylic acid groups (broad SMARTS) is 1. The van der Waals surface area contributed by atoms with Crippen molar-refractivity contribution in [2.45, 2.75) is 18.9 Å². The second-order valence-corrected chi connectivity index (χ2v) is 8.13. The first-order chi connectivity index (χ1) is 17.0. The van der Waals surface area contributed by atoms with Gasteiger partial charge in [0, 0.05) is 36.6 Å². The van der Waals surface area contributed by atoms with Gasteiger partial charge >= 0.3 is 12.1 Å². The molecule has 35 heavy (non-hydrogen) atoms. The van der Waals surface area contributed by atoms with Crippen molar-refractivity contribution >= 4 is 23.7 Å². The molecule has 4 aromatic rings. The molecule has 0 aliphatic carbocycles. The minimum atomic E-state index is -1.26. The summed E-state index contributed by atoms with van der Waals surface area (Å²) in [5, 5.41) is 19.6. The largest absolute Gasteiger partial charge is 0.465 e. The predicted octanol–water partition coefficient (Wildman–Crippen LogP) is 3.15. The molecule has 0 saturated heterocycles. The fraction of sp³-hybridized carbons (Fsp3) is 0.160. The monoisotopic (exact) mass is 470 g/mol. The first kappa shape index (κ1) is 22.1. The maximum atomic E-state index is 13.7. The highest BCUT2D eigenvalue weighted by Crippen LogP contribution is 2.40. The molecule has 1 atom stereocenters. The summed E-state index contributed by atoms with van der Waals surface area (Å²) in [7, 11) is 0. The summed E-state index contributed by atoms with van der Waals surface area (Å²) in [6.45, 7) is 0.386. The van der Waals surface area contributed by atoms with Crippen LogP contribution < -0.4 is 16.0 Å². The number of benzene rings is 2. The molecule has 3 heterocycles. The van der Waals surface area contributed by atoms with E-state index >= 15 is 0 Å². The molecule has 176 valence electrons. The summed E-state index contributed by atoms with van der Waals surface area (Å²) in [6, 6.07) is 15.9. The van der Waals surface area contributed by atoms with Crippen molar-refractivity contribution in [1.29, 1.82) is 0 Å². The summed E-state index contributed by atoms with van der Waals surface area (Å²) in [5.74, 6) is -0.0775. The van der Waals surface area contributed by atoms with Gasteiger partial charge in [0.15, 0.2) is 0 Å². The lowest BCUT2D eigenvalue weighted by atomic mass is 9.97. The Bertz CT molecular complexity index is 1370. The number of fused-ring (bicyclic) bond motifs is 1. The van der Waals surface area contributed by atoms with E-state index in [0.717, 1.165) is 22.3 Å². The highest BCUT2D eigenvalue weighted by Gasteiger charge is 2.34. The number of anilines is 2. The molecular formula is C25H22N6O4. The first-order valence-corrected chi connectivity index (χ1v) is 11.0. The third-order valence-electron chi connectivity index (χ3n) is 5.93. The van der Waals surface area contributed by atoms with Crippen molar-refractivity contribution in [3.63, 3.8) is 0 Å². The number of nitrogens with one attached hydrogen (secondary N) is 1. The van der Waals surface area contributed by atoms with Crippen molar-refractivity contribution in [2.75, 3.05) is 17.2 Å². The van der Waals surface area contributed by atoms with E-state index in [-0.39, 0.29) is 24.2 Å². The normalized spacial score (nSPS) is 13.3. The van der Waals surface area contributed by atoms with Gasteiger partial charge in [-0.2, -0.15) is 0 Å². The van der Waals surface area contributed by atoms with Gasteiger partial charge in [0.25, 0.3) is 0 Å². The van der Waals surface area contributed by atoms with Crippen molar-refractivity contribution in [3.05, 3.63) is 78.1 Å². The zero-order valence-corrected chi connectivity index (χ0v) is 18.6. The zero-order chi connectivity index (χ0) is 24.4. The minimum Gasteiger partial charge on any atom is -0.465 e. The Morgan fingerprint density at radius 2 is 1.86 bits per heavy atom. The number of nitrogen functional groups attached to an aromatic ring is 1. The summed E-state index contributed by atoms with van der Waals surface area (Å²) < 4.78 is 5.51. The van der Waals surface area contributed by atoms with Gasteiger partial charge in [0.1, 0.15) is 6.04 Å². The molecule has 0 saturated carbocycles. The number of nitrogens with two attached hydrogens (primary N) is 1. The van der Waals surface area contributed by atoms with Crippen LogP contribution in [0.2, 0.25) is 0 Å². The highest BCUT2D eigenvalue weighted by molar-refractivity contribution is 6.02. The topological polar surface area (TPSA) is 147 Å². The molecule has 1 aliphatic heterocycles. The second-order valence-electron chi connectivity index (χ2n) is 8.13. The number of aromatic nitrogens is 3. The zero-order valence-electron chi connectivity index (χ0n) is 18.6. The molecule has 5 rings (SSSR count). The molecule has 0 fully saturated rings. The molecule has 1 unspecified atom stereocenters. The number of hydrogen-bond donors (Lipinski definition) is 3. The van der Waals surface area contributed by atoms with E-state index in [0.29, 0.717) is 24.2 Å². The number of carbonyl (C=O) groups excluding carboxylic acids is 1. The number of hydrogen-bond acceptors (Lipinski definition) is 7. The van der Waals surface area contributed by atoms with Gasteiger partial charge in [-0.15, -0.1) is 5.10 Å². The van der Waals surface area contributed by atoms with Gasteiger partial charge in [-0.25, -0.2) is 4.79 Å². The van der Waals surface area contributed by atoms with E-state index in [1.54, 1.807) is 17.3 Å². The standard InChI is InChI=1S/C25H22N6O4/c26-24-30-29-22(35-24)19-13-17(16-6-9-27-10-7-16)14-21-18(19)8-11-31(21)23(32)20(28-25(33)34)12-15-4-2-1-3-5-15/h1-7,9-10,13-14,20,28H,8,11-12H2,(H2,26,30)(H,33,34). The van der Waals surface area contributed by atoms with Crippen molar-refractivity contribution in [2.24, 2.45) is 0 Å². The maximum Gasteiger partial charge on any atom is 0.405 e. The average molecular weight is 470 g/mol. The quantitative estimate of drug-likeness (QED) is 0.389. The van der Waals surface area contributed by atoms with Gasteiger partial charge in [0.05, 0.1) is 0 Å². The SMILES string of the molecule is Nc1nnc(-c2cc(-c3ccncc3)cc3c2CCN3C(=O)C(Cc2ccccc2)NC(=O)O)o1. The molecule has 2 aromatic heterocycles. The molecule has 0 spiro atoms. The van der Waals surface area contributed by atoms with Crippen LogP contribution in [-0.4, -0.2) is 44.9 Å². The predicted molar refractivity (Wildman–Crippen MR) is 129 cm³/mol. The molecule has 10 nitrogen and oxygen atoms in total. The van der Waals surface area contributed by atoms with Crippen molar-refractivity contribution in [3.8, 4) is 22.6 Å². The average Bonchev–Trinajstić information content (AvgIpc) is 3.50. The van der Waals surface area contributed by atoms with E-state index in [9.17, 15) is 14.7 Å². The second kappa shape index (κ2) is 9.26. The fourth-order valence-corrected chi connectivity index (χ4v) is 4.37. The van der Waals surface area contributed by atoms with Crippen LogP contribution in [0.5, 0.6) is 0 Å². The van der Waals surface area contributed by atoms with Gasteiger partial charge < -0.3 is 25.5 Å². The van der Waals surface area contributed by atoms with Crippen LogP contribution in [0.1, 0.15) is 11.1 Å². The van der Waals surface area contributed by atoms with Crippen LogP contribution in [0.3, 0.4) is 0 Å². The van der Waals surface area contributed by atoms with Gasteiger partial charge in [-0.3, -0.25) is 9.78 Å². The molecule has 10 heteroatoms. The number of nitrogens with zero attached hydrogens (tertiary/aromatic N) is 4.